The summed E-state index contributed by atoms with van der Waals surface area (Å²) < 4.78 is 1.35. The van der Waals surface area contributed by atoms with E-state index in [9.17, 15) is 4.79 Å². The molecule has 0 radical (unpaired) electrons. The summed E-state index contributed by atoms with van der Waals surface area (Å²) in [4.78, 5) is 17.5. The van der Waals surface area contributed by atoms with Crippen molar-refractivity contribution in [1.29, 1.82) is 0 Å². The van der Waals surface area contributed by atoms with Crippen molar-refractivity contribution in [3.05, 3.63) is 41.9 Å². The van der Waals surface area contributed by atoms with E-state index in [4.69, 9.17) is 11.6 Å². The number of halogens is 1. The summed E-state index contributed by atoms with van der Waals surface area (Å²) in [6.45, 7) is 0. The first-order chi connectivity index (χ1) is 8.58. The number of imidazole rings is 1. The molecule has 94 valence electrons. The number of nitrogens with one attached hydrogen (secondary N) is 1. The summed E-state index contributed by atoms with van der Waals surface area (Å²) in [6, 6.07) is 5.09. The van der Waals surface area contributed by atoms with Crippen molar-refractivity contribution in [1.82, 2.24) is 9.55 Å². The maximum atomic E-state index is 11.8. The monoisotopic (exact) mass is 264 g/mol. The highest BCUT2D eigenvalue weighted by Crippen LogP contribution is 2.27. The average molecular weight is 265 g/mol. The molecule has 0 aliphatic heterocycles. The number of nitrogens with zero attached hydrogens (tertiary/aromatic N) is 3. The Morgan fingerprint density at radius 2 is 2.22 bits per heavy atom. The van der Waals surface area contributed by atoms with Crippen molar-refractivity contribution in [3.8, 4) is 0 Å². The van der Waals surface area contributed by atoms with Crippen LogP contribution < -0.4 is 10.2 Å². The maximum Gasteiger partial charge on any atom is 0.331 e. The van der Waals surface area contributed by atoms with Gasteiger partial charge in [-0.3, -0.25) is 4.57 Å². The SMILES string of the molecule is CN(C)c1ccc(NC(=O)n2ccnc2)cc1Cl. The van der Waals surface area contributed by atoms with Crippen molar-refractivity contribution in [2.45, 2.75) is 0 Å². The van der Waals surface area contributed by atoms with Gasteiger partial charge >= 0.3 is 6.03 Å². The molecule has 1 aromatic heterocycles. The second-order valence-corrected chi connectivity index (χ2v) is 4.37. The van der Waals surface area contributed by atoms with Crippen LogP contribution in [0.4, 0.5) is 16.2 Å². The average Bonchev–Trinajstić information content (AvgIpc) is 2.81. The first-order valence-electron chi connectivity index (χ1n) is 5.34. The van der Waals surface area contributed by atoms with E-state index in [0.29, 0.717) is 10.7 Å². The van der Waals surface area contributed by atoms with Crippen LogP contribution in [0.5, 0.6) is 0 Å². The third-order valence-electron chi connectivity index (χ3n) is 2.42. The minimum absolute atomic E-state index is 0.277. The van der Waals surface area contributed by atoms with Crippen LogP contribution in [0.3, 0.4) is 0 Å². The summed E-state index contributed by atoms with van der Waals surface area (Å²) in [7, 11) is 3.82. The Morgan fingerprint density at radius 1 is 1.44 bits per heavy atom. The Morgan fingerprint density at radius 3 is 2.78 bits per heavy atom. The van der Waals surface area contributed by atoms with Crippen molar-refractivity contribution >= 4 is 29.0 Å². The van der Waals surface area contributed by atoms with Crippen molar-refractivity contribution in [2.75, 3.05) is 24.3 Å². The highest BCUT2D eigenvalue weighted by Gasteiger charge is 2.07. The van der Waals surface area contributed by atoms with Crippen LogP contribution in [0.25, 0.3) is 0 Å². The van der Waals surface area contributed by atoms with E-state index < -0.39 is 0 Å². The number of carbonyl (C=O) groups excluding carboxylic acids is 1. The molecule has 0 saturated carbocycles. The molecule has 2 aromatic rings. The van der Waals surface area contributed by atoms with E-state index >= 15 is 0 Å². The van der Waals surface area contributed by atoms with Gasteiger partial charge in [-0.05, 0) is 18.2 Å². The van der Waals surface area contributed by atoms with Gasteiger partial charge in [0.2, 0.25) is 0 Å². The Kier molecular flexibility index (Phi) is 3.53. The molecule has 0 unspecified atom stereocenters. The lowest BCUT2D eigenvalue weighted by Gasteiger charge is -2.15. The van der Waals surface area contributed by atoms with E-state index in [-0.39, 0.29) is 6.03 Å². The van der Waals surface area contributed by atoms with Crippen LogP contribution >= 0.6 is 11.6 Å². The standard InChI is InChI=1S/C12H13ClN4O/c1-16(2)11-4-3-9(7-10(11)13)15-12(18)17-6-5-14-8-17/h3-8H,1-2H3,(H,15,18). The third-order valence-corrected chi connectivity index (χ3v) is 2.72. The molecule has 1 heterocycles. The van der Waals surface area contributed by atoms with Gasteiger partial charge in [-0.2, -0.15) is 0 Å². The molecule has 18 heavy (non-hydrogen) atoms. The van der Waals surface area contributed by atoms with Gasteiger partial charge in [-0.15, -0.1) is 0 Å². The zero-order chi connectivity index (χ0) is 13.1. The Labute approximate surface area is 110 Å². The molecular formula is C12H13ClN4O. The smallest absolute Gasteiger partial charge is 0.331 e. The summed E-state index contributed by atoms with van der Waals surface area (Å²) in [5, 5.41) is 3.32. The fourth-order valence-electron chi connectivity index (χ4n) is 1.51. The van der Waals surface area contributed by atoms with Crippen LogP contribution in [0.15, 0.2) is 36.9 Å². The third kappa shape index (κ3) is 2.62. The molecule has 5 nitrogen and oxygen atoms in total. The number of amides is 1. The van der Waals surface area contributed by atoms with E-state index in [2.05, 4.69) is 10.3 Å². The predicted molar refractivity (Wildman–Crippen MR) is 72.4 cm³/mol. The number of benzene rings is 1. The van der Waals surface area contributed by atoms with Gasteiger partial charge in [0.05, 0.1) is 10.7 Å². The summed E-state index contributed by atoms with van der Waals surface area (Å²) in [5.74, 6) is 0. The first kappa shape index (κ1) is 12.4. The highest BCUT2D eigenvalue weighted by atomic mass is 35.5. The molecule has 0 bridgehead atoms. The number of carbonyl (C=O) groups is 1. The van der Waals surface area contributed by atoms with E-state index in [1.165, 1.54) is 10.9 Å². The summed E-state index contributed by atoms with van der Waals surface area (Å²) in [6.07, 6.45) is 4.55. The fourth-order valence-corrected chi connectivity index (χ4v) is 1.86. The molecule has 1 aromatic carbocycles. The Bertz CT molecular complexity index is 551. The molecule has 6 heteroatoms. The molecule has 0 aliphatic carbocycles. The van der Waals surface area contributed by atoms with E-state index in [1.807, 2.05) is 25.1 Å². The number of hydrogen-bond donors (Lipinski definition) is 1. The van der Waals surface area contributed by atoms with E-state index in [1.54, 1.807) is 24.5 Å². The second-order valence-electron chi connectivity index (χ2n) is 3.96. The van der Waals surface area contributed by atoms with Gasteiger partial charge in [0.25, 0.3) is 0 Å². The molecule has 0 spiro atoms. The van der Waals surface area contributed by atoms with Crippen molar-refractivity contribution < 1.29 is 4.79 Å². The lowest BCUT2D eigenvalue weighted by atomic mass is 10.2. The van der Waals surface area contributed by atoms with Crippen LogP contribution in [-0.4, -0.2) is 29.7 Å². The first-order valence-corrected chi connectivity index (χ1v) is 5.72. The second kappa shape index (κ2) is 5.10. The van der Waals surface area contributed by atoms with Crippen LogP contribution in [0.1, 0.15) is 0 Å². The van der Waals surface area contributed by atoms with Crippen molar-refractivity contribution in [3.63, 3.8) is 0 Å². The van der Waals surface area contributed by atoms with Gasteiger partial charge in [0.1, 0.15) is 6.33 Å². The van der Waals surface area contributed by atoms with Gasteiger partial charge in [0.15, 0.2) is 0 Å². The minimum atomic E-state index is -0.277. The highest BCUT2D eigenvalue weighted by molar-refractivity contribution is 6.33. The molecular weight excluding hydrogens is 252 g/mol. The molecule has 2 rings (SSSR count). The fraction of sp³-hybridized carbons (Fsp3) is 0.167. The number of hydrogen-bond acceptors (Lipinski definition) is 3. The normalized spacial score (nSPS) is 10.2. The number of aromatic nitrogens is 2. The van der Waals surface area contributed by atoms with Crippen LogP contribution in [0.2, 0.25) is 5.02 Å². The minimum Gasteiger partial charge on any atom is -0.376 e. The number of anilines is 2. The van der Waals surface area contributed by atoms with Gasteiger partial charge in [-0.1, -0.05) is 11.6 Å². The topological polar surface area (TPSA) is 50.2 Å². The van der Waals surface area contributed by atoms with E-state index in [0.717, 1.165) is 5.69 Å². The maximum absolute atomic E-state index is 11.8. The summed E-state index contributed by atoms with van der Waals surface area (Å²) in [5.41, 5.74) is 1.54. The predicted octanol–water partition coefficient (Wildman–Crippen LogP) is 2.68. The lowest BCUT2D eigenvalue weighted by molar-refractivity contribution is 0.253. The molecule has 0 aliphatic rings. The van der Waals surface area contributed by atoms with Crippen molar-refractivity contribution in [2.24, 2.45) is 0 Å². The Balaban J connectivity index is 2.16. The van der Waals surface area contributed by atoms with Gasteiger partial charge in [-0.25, -0.2) is 9.78 Å². The number of rotatable bonds is 2. The largest absolute Gasteiger partial charge is 0.376 e. The quantitative estimate of drug-likeness (QED) is 0.907. The van der Waals surface area contributed by atoms with Crippen LogP contribution in [-0.2, 0) is 0 Å². The lowest BCUT2D eigenvalue weighted by Crippen LogP contribution is -2.18. The van der Waals surface area contributed by atoms with Gasteiger partial charge < -0.3 is 10.2 Å². The Hall–Kier alpha value is -2.01. The van der Waals surface area contributed by atoms with Gasteiger partial charge in [0, 0.05) is 32.2 Å². The summed E-state index contributed by atoms with van der Waals surface area (Å²) >= 11 is 6.12. The molecule has 0 fully saturated rings. The van der Waals surface area contributed by atoms with Crippen LogP contribution in [0, 0.1) is 0 Å². The molecule has 0 atom stereocenters. The molecule has 1 amide bonds. The molecule has 1 N–H and O–H groups in total. The zero-order valence-electron chi connectivity index (χ0n) is 10.1. The molecule has 0 saturated heterocycles. The zero-order valence-corrected chi connectivity index (χ0v) is 10.8.